The van der Waals surface area contributed by atoms with E-state index in [0.717, 1.165) is 0 Å². The summed E-state index contributed by atoms with van der Waals surface area (Å²) in [6, 6.07) is 0. The van der Waals surface area contributed by atoms with Crippen LogP contribution in [0.5, 0.6) is 0 Å². The topological polar surface area (TPSA) is 144 Å². The molecule has 0 spiro atoms. The average Bonchev–Trinajstić information content (AvgIpc) is 1.61. The van der Waals surface area contributed by atoms with Crippen molar-refractivity contribution in [3.8, 4) is 0 Å². The van der Waals surface area contributed by atoms with Gasteiger partial charge >= 0.3 is 16.3 Å². The third kappa shape index (κ3) is 171. The van der Waals surface area contributed by atoms with Gasteiger partial charge in [0.05, 0.1) is 6.54 Å². The van der Waals surface area contributed by atoms with Crippen LogP contribution in [-0.4, -0.2) is 30.6 Å². The highest BCUT2D eigenvalue weighted by Crippen LogP contribution is 1.50. The van der Waals surface area contributed by atoms with Gasteiger partial charge in [-0.2, -0.15) is 8.42 Å². The molecule has 0 aliphatic carbocycles. The number of carbonyl (C=O) groups is 1. The van der Waals surface area contributed by atoms with E-state index in [2.05, 4.69) is 10.9 Å². The van der Waals surface area contributed by atoms with Crippen LogP contribution in [0.15, 0.2) is 0 Å². The number of carboxylic acid groups (broad SMARTS) is 1. The van der Waals surface area contributed by atoms with Crippen LogP contribution >= 0.6 is 0 Å². The number of carboxylic acids is 1. The molecular formula is C2H8N2O5S. The minimum absolute atomic E-state index is 0.278. The van der Waals surface area contributed by atoms with Gasteiger partial charge in [-0.25, -0.2) is 5.14 Å². The van der Waals surface area contributed by atoms with E-state index in [9.17, 15) is 4.79 Å². The van der Waals surface area contributed by atoms with Crippen LogP contribution in [0.2, 0.25) is 0 Å². The van der Waals surface area contributed by atoms with Gasteiger partial charge in [0.2, 0.25) is 0 Å². The van der Waals surface area contributed by atoms with E-state index in [1.54, 1.807) is 0 Å². The van der Waals surface area contributed by atoms with Gasteiger partial charge in [-0.1, -0.05) is 0 Å². The molecule has 8 heteroatoms. The molecular weight excluding hydrogens is 164 g/mol. The Labute approximate surface area is 57.5 Å². The highest BCUT2D eigenvalue weighted by molar-refractivity contribution is 7.83. The smallest absolute Gasteiger partial charge is 0.330 e. The van der Waals surface area contributed by atoms with Crippen LogP contribution in [0.25, 0.3) is 0 Å². The molecule has 0 saturated heterocycles. The van der Waals surface area contributed by atoms with Crippen LogP contribution in [-0.2, 0) is 15.1 Å². The fraction of sp³-hybridized carbons (Fsp3) is 0.500. The van der Waals surface area contributed by atoms with Crippen LogP contribution < -0.4 is 10.9 Å². The molecule has 7 nitrogen and oxygen atoms in total. The minimum Gasteiger partial charge on any atom is -0.480 e. The monoisotopic (exact) mass is 172 g/mol. The maximum atomic E-state index is 9.24. The van der Waals surface area contributed by atoms with Gasteiger partial charge < -0.3 is 10.8 Å². The number of hydrogen-bond acceptors (Lipinski definition) is 4. The van der Waals surface area contributed by atoms with Gasteiger partial charge in [-0.05, 0) is 0 Å². The second-order valence-corrected chi connectivity index (χ2v) is 2.14. The summed E-state index contributed by atoms with van der Waals surface area (Å²) in [5.41, 5.74) is 4.57. The standard InChI is InChI=1S/C2H5NO2.H3NO3S/c3-1-2(4)5;1-5(2,3)4/h1,3H2,(H,4,5);(H3,1,2,3,4). The molecule has 0 rings (SSSR count). The summed E-state index contributed by atoms with van der Waals surface area (Å²) in [7, 11) is -4.17. The first kappa shape index (κ1) is 12.0. The molecule has 0 amide bonds. The van der Waals surface area contributed by atoms with E-state index >= 15 is 0 Å². The maximum Gasteiger partial charge on any atom is 0.330 e. The first-order valence-corrected chi connectivity index (χ1v) is 3.44. The molecule has 0 aliphatic heterocycles. The molecule has 0 fully saturated rings. The first-order chi connectivity index (χ1) is 4.27. The van der Waals surface area contributed by atoms with Gasteiger partial charge in [0, 0.05) is 0 Å². The SMILES string of the molecule is NCC(=O)O.NS(=O)(=O)O. The van der Waals surface area contributed by atoms with Crippen molar-refractivity contribution in [3.05, 3.63) is 0 Å². The predicted molar refractivity (Wildman–Crippen MR) is 32.4 cm³/mol. The Bertz CT molecular complexity index is 176. The highest BCUT2D eigenvalue weighted by Gasteiger charge is 1.81. The van der Waals surface area contributed by atoms with Crippen molar-refractivity contribution in [3.63, 3.8) is 0 Å². The Morgan fingerprint density at radius 1 is 1.50 bits per heavy atom. The summed E-state index contributed by atoms with van der Waals surface area (Å²) in [6.45, 7) is -0.278. The fourth-order valence-corrected chi connectivity index (χ4v) is 0. The van der Waals surface area contributed by atoms with Crippen molar-refractivity contribution < 1.29 is 22.9 Å². The second-order valence-electron chi connectivity index (χ2n) is 1.11. The first-order valence-electron chi connectivity index (χ1n) is 1.94. The number of aliphatic carboxylic acids is 1. The lowest BCUT2D eigenvalue weighted by atomic mass is 10.7. The van der Waals surface area contributed by atoms with Crippen molar-refractivity contribution in [2.75, 3.05) is 6.54 Å². The summed E-state index contributed by atoms with van der Waals surface area (Å²) in [6.07, 6.45) is 0. The lowest BCUT2D eigenvalue weighted by Gasteiger charge is -1.73. The lowest BCUT2D eigenvalue weighted by molar-refractivity contribution is -0.135. The summed E-state index contributed by atoms with van der Waals surface area (Å²) < 4.78 is 25.2. The molecule has 0 aliphatic rings. The molecule has 0 saturated carbocycles. The Morgan fingerprint density at radius 3 is 1.60 bits per heavy atom. The van der Waals surface area contributed by atoms with Crippen LogP contribution in [0.1, 0.15) is 0 Å². The number of rotatable bonds is 1. The summed E-state index contributed by atoms with van der Waals surface area (Å²) >= 11 is 0. The third-order valence-electron chi connectivity index (χ3n) is 0.175. The van der Waals surface area contributed by atoms with Gasteiger partial charge in [0.15, 0.2) is 0 Å². The predicted octanol–water partition coefficient (Wildman–Crippen LogP) is -2.22. The Morgan fingerprint density at radius 2 is 1.60 bits per heavy atom. The second kappa shape index (κ2) is 5.11. The van der Waals surface area contributed by atoms with Crippen molar-refractivity contribution in [2.45, 2.75) is 0 Å². The van der Waals surface area contributed by atoms with Crippen LogP contribution in [0.3, 0.4) is 0 Å². The van der Waals surface area contributed by atoms with Crippen LogP contribution in [0.4, 0.5) is 0 Å². The molecule has 0 radical (unpaired) electrons. The summed E-state index contributed by atoms with van der Waals surface area (Å²) in [5, 5.41) is 11.5. The molecule has 0 aromatic heterocycles. The Balaban J connectivity index is 0. The number of nitrogens with two attached hydrogens (primary N) is 2. The quantitative estimate of drug-likeness (QED) is 0.330. The van der Waals surface area contributed by atoms with E-state index < -0.39 is 16.3 Å². The molecule has 0 atom stereocenters. The van der Waals surface area contributed by atoms with Gasteiger partial charge in [0.25, 0.3) is 0 Å². The van der Waals surface area contributed by atoms with E-state index in [1.165, 1.54) is 0 Å². The van der Waals surface area contributed by atoms with E-state index in [0.29, 0.717) is 0 Å². The van der Waals surface area contributed by atoms with Crippen molar-refractivity contribution in [1.29, 1.82) is 0 Å². The van der Waals surface area contributed by atoms with E-state index in [1.807, 2.05) is 0 Å². The largest absolute Gasteiger partial charge is 0.480 e. The number of hydrogen-bond donors (Lipinski definition) is 4. The molecule has 10 heavy (non-hydrogen) atoms. The molecule has 0 heterocycles. The van der Waals surface area contributed by atoms with Gasteiger partial charge in [0.1, 0.15) is 0 Å². The van der Waals surface area contributed by atoms with Crippen molar-refractivity contribution in [2.24, 2.45) is 10.9 Å². The minimum atomic E-state index is -4.17. The van der Waals surface area contributed by atoms with Gasteiger partial charge in [-0.3, -0.25) is 9.35 Å². The zero-order valence-electron chi connectivity index (χ0n) is 4.89. The third-order valence-corrected chi connectivity index (χ3v) is 0.175. The van der Waals surface area contributed by atoms with Crippen molar-refractivity contribution in [1.82, 2.24) is 0 Å². The Kier molecular flexibility index (Phi) is 6.15. The average molecular weight is 172 g/mol. The van der Waals surface area contributed by atoms with E-state index in [4.69, 9.17) is 18.1 Å². The summed E-state index contributed by atoms with van der Waals surface area (Å²) in [4.78, 5) is 9.24. The van der Waals surface area contributed by atoms with Crippen LogP contribution in [0, 0.1) is 0 Å². The Hall–Kier alpha value is -0.700. The lowest BCUT2D eigenvalue weighted by Crippen LogP contribution is -2.10. The highest BCUT2D eigenvalue weighted by atomic mass is 32.2. The molecule has 6 N–H and O–H groups in total. The molecule has 0 unspecified atom stereocenters. The zero-order valence-corrected chi connectivity index (χ0v) is 5.71. The molecule has 0 aromatic carbocycles. The zero-order chi connectivity index (χ0) is 8.78. The van der Waals surface area contributed by atoms with Crippen molar-refractivity contribution >= 4 is 16.3 Å². The van der Waals surface area contributed by atoms with E-state index in [-0.39, 0.29) is 6.54 Å². The molecule has 62 valence electrons. The molecule has 0 aromatic rings. The normalized spacial score (nSPS) is 9.50. The maximum absolute atomic E-state index is 9.24. The molecule has 0 bridgehead atoms. The fourth-order valence-electron chi connectivity index (χ4n) is 0. The van der Waals surface area contributed by atoms with Gasteiger partial charge in [-0.15, -0.1) is 0 Å². The summed E-state index contributed by atoms with van der Waals surface area (Å²) in [5.74, 6) is -0.968.